The Balaban J connectivity index is 0. The molecule has 23 heavy (non-hydrogen) atoms. The van der Waals surface area contributed by atoms with E-state index in [0.717, 1.165) is 6.42 Å². The Kier molecular flexibility index (Phi) is 18.5. The minimum absolute atomic E-state index is 0. The third kappa shape index (κ3) is 20.8. The number of unbranched alkanes of at least 4 members (excludes halogenated alkanes) is 8. The summed E-state index contributed by atoms with van der Waals surface area (Å²) in [5, 5.41) is 0. The van der Waals surface area contributed by atoms with Crippen LogP contribution in [0.4, 0.5) is 0 Å². The molecule has 0 rings (SSSR count). The molecule has 2 unspecified atom stereocenters. The van der Waals surface area contributed by atoms with Gasteiger partial charge in [0.2, 0.25) is 10.4 Å². The van der Waals surface area contributed by atoms with Crippen LogP contribution in [0, 0.1) is 11.8 Å². The molecule has 0 aliphatic carbocycles. The van der Waals surface area contributed by atoms with Crippen molar-refractivity contribution in [2.45, 2.75) is 91.4 Å². The predicted octanol–water partition coefficient (Wildman–Crippen LogP) is 2.05. The van der Waals surface area contributed by atoms with Crippen LogP contribution in [0.1, 0.15) is 91.4 Å². The number of hydrogen-bond acceptors (Lipinski definition) is 4. The van der Waals surface area contributed by atoms with Crippen LogP contribution in [-0.2, 0) is 14.6 Å². The van der Waals surface area contributed by atoms with Crippen molar-refractivity contribution in [3.8, 4) is 0 Å². The fourth-order valence-electron chi connectivity index (χ4n) is 2.88. The molecule has 4 nitrogen and oxygen atoms in total. The minimum Gasteiger partial charge on any atom is -0.726 e. The molecule has 0 N–H and O–H groups in total. The van der Waals surface area contributed by atoms with Crippen molar-refractivity contribution in [2.24, 2.45) is 11.8 Å². The molecular weight excluding hydrogens is 323 g/mol. The summed E-state index contributed by atoms with van der Waals surface area (Å²) < 4.78 is 35.5. The van der Waals surface area contributed by atoms with Crippen molar-refractivity contribution in [1.29, 1.82) is 0 Å². The van der Waals surface area contributed by atoms with Gasteiger partial charge in [-0.3, -0.25) is 4.18 Å². The molecule has 6 heteroatoms. The summed E-state index contributed by atoms with van der Waals surface area (Å²) in [4.78, 5) is 0. The molecule has 0 heterocycles. The molecule has 0 aromatic rings. The minimum atomic E-state index is -4.54. The molecule has 0 spiro atoms. The molecule has 0 saturated heterocycles. The molecule has 0 aromatic carbocycles. The van der Waals surface area contributed by atoms with Crippen molar-refractivity contribution in [3.05, 3.63) is 0 Å². The van der Waals surface area contributed by atoms with Gasteiger partial charge in [-0.15, -0.1) is 0 Å². The van der Waals surface area contributed by atoms with Crippen LogP contribution in [0.25, 0.3) is 0 Å². The molecular formula is C17H35NaO4S. The smallest absolute Gasteiger partial charge is 0.726 e. The van der Waals surface area contributed by atoms with Crippen LogP contribution in [0.15, 0.2) is 0 Å². The zero-order valence-corrected chi connectivity index (χ0v) is 18.5. The van der Waals surface area contributed by atoms with E-state index in [9.17, 15) is 13.0 Å². The average molecular weight is 359 g/mol. The van der Waals surface area contributed by atoms with Gasteiger partial charge in [-0.1, -0.05) is 85.0 Å². The van der Waals surface area contributed by atoms with Crippen LogP contribution in [0.3, 0.4) is 0 Å². The molecule has 0 saturated carbocycles. The Hall–Kier alpha value is 0.870. The fraction of sp³-hybridized carbons (Fsp3) is 1.00. The Morgan fingerprint density at radius 3 is 1.83 bits per heavy atom. The van der Waals surface area contributed by atoms with E-state index in [1.54, 1.807) is 0 Å². The average Bonchev–Trinajstić information content (AvgIpc) is 2.42. The Labute approximate surface area is 166 Å². The third-order valence-electron chi connectivity index (χ3n) is 4.10. The van der Waals surface area contributed by atoms with Gasteiger partial charge >= 0.3 is 29.6 Å². The Morgan fingerprint density at radius 2 is 1.35 bits per heavy atom. The maximum Gasteiger partial charge on any atom is 1.00 e. The van der Waals surface area contributed by atoms with E-state index in [-0.39, 0.29) is 42.1 Å². The fourth-order valence-corrected chi connectivity index (χ4v) is 3.27. The van der Waals surface area contributed by atoms with Gasteiger partial charge < -0.3 is 4.55 Å². The van der Waals surface area contributed by atoms with Gasteiger partial charge in [0.05, 0.1) is 6.61 Å². The molecule has 2 atom stereocenters. The normalized spacial score (nSPS) is 14.3. The summed E-state index contributed by atoms with van der Waals surface area (Å²) in [6.07, 6.45) is 14.1. The molecule has 134 valence electrons. The van der Waals surface area contributed by atoms with Crippen molar-refractivity contribution < 1.29 is 46.7 Å². The second kappa shape index (κ2) is 16.3. The van der Waals surface area contributed by atoms with Gasteiger partial charge in [0.1, 0.15) is 0 Å². The Morgan fingerprint density at radius 1 is 0.870 bits per heavy atom. The molecule has 0 bridgehead atoms. The van der Waals surface area contributed by atoms with Gasteiger partial charge in [0.15, 0.2) is 0 Å². The van der Waals surface area contributed by atoms with Crippen LogP contribution >= 0.6 is 0 Å². The van der Waals surface area contributed by atoms with Gasteiger partial charge in [0.25, 0.3) is 0 Å². The zero-order chi connectivity index (χ0) is 16.8. The van der Waals surface area contributed by atoms with E-state index < -0.39 is 10.4 Å². The standard InChI is InChI=1S/C17H36O4S.Na/c1-4-5-6-7-8-9-10-11-12-13-16(2)14-17(3)15-21-22(18,19)20;/h16-17H,4-15H2,1-3H3,(H,18,19,20);/q;+1/p-1. The van der Waals surface area contributed by atoms with E-state index >= 15 is 0 Å². The molecule has 0 radical (unpaired) electrons. The van der Waals surface area contributed by atoms with Crippen molar-refractivity contribution in [1.82, 2.24) is 0 Å². The molecule has 0 fully saturated rings. The maximum absolute atomic E-state index is 10.4. The van der Waals surface area contributed by atoms with E-state index in [4.69, 9.17) is 0 Å². The van der Waals surface area contributed by atoms with Crippen molar-refractivity contribution >= 4 is 10.4 Å². The summed E-state index contributed by atoms with van der Waals surface area (Å²) in [7, 11) is -4.54. The molecule has 0 aliphatic heterocycles. The first kappa shape index (κ1) is 26.1. The van der Waals surface area contributed by atoms with E-state index in [1.807, 2.05) is 6.92 Å². The first-order valence-corrected chi connectivity index (χ1v) is 10.3. The largest absolute Gasteiger partial charge is 1.00 e. The monoisotopic (exact) mass is 358 g/mol. The maximum atomic E-state index is 10.4. The SMILES string of the molecule is CCCCCCCCCCCC(C)CC(C)COS(=O)(=O)[O-].[Na+]. The van der Waals surface area contributed by atoms with Crippen LogP contribution < -0.4 is 29.6 Å². The first-order chi connectivity index (χ1) is 10.3. The summed E-state index contributed by atoms with van der Waals surface area (Å²) in [6.45, 7) is 6.37. The van der Waals surface area contributed by atoms with Crippen molar-refractivity contribution in [2.75, 3.05) is 6.61 Å². The van der Waals surface area contributed by atoms with Gasteiger partial charge in [-0.25, -0.2) is 8.42 Å². The number of hydrogen-bond donors (Lipinski definition) is 0. The topological polar surface area (TPSA) is 66.4 Å². The summed E-state index contributed by atoms with van der Waals surface area (Å²) in [6, 6.07) is 0. The summed E-state index contributed by atoms with van der Waals surface area (Å²) in [5.74, 6) is 0.662. The predicted molar refractivity (Wildman–Crippen MR) is 90.4 cm³/mol. The van der Waals surface area contributed by atoms with E-state index in [0.29, 0.717) is 5.92 Å². The zero-order valence-electron chi connectivity index (χ0n) is 15.7. The quantitative estimate of drug-likeness (QED) is 0.194. The second-order valence-electron chi connectivity index (χ2n) is 6.76. The molecule has 0 aromatic heterocycles. The van der Waals surface area contributed by atoms with Gasteiger partial charge in [0, 0.05) is 0 Å². The number of rotatable bonds is 15. The molecule has 0 aliphatic rings. The third-order valence-corrected chi connectivity index (χ3v) is 4.53. The summed E-state index contributed by atoms with van der Waals surface area (Å²) >= 11 is 0. The van der Waals surface area contributed by atoms with Gasteiger partial charge in [-0.2, -0.15) is 0 Å². The summed E-state index contributed by atoms with van der Waals surface area (Å²) in [5.41, 5.74) is 0. The molecule has 0 amide bonds. The Bertz CT molecular complexity index is 347. The first-order valence-electron chi connectivity index (χ1n) is 8.95. The van der Waals surface area contributed by atoms with Crippen LogP contribution in [-0.4, -0.2) is 19.6 Å². The van der Waals surface area contributed by atoms with Crippen molar-refractivity contribution in [3.63, 3.8) is 0 Å². The van der Waals surface area contributed by atoms with Crippen LogP contribution in [0.5, 0.6) is 0 Å². The van der Waals surface area contributed by atoms with E-state index in [1.165, 1.54) is 64.2 Å². The second-order valence-corrected chi connectivity index (χ2v) is 7.81. The van der Waals surface area contributed by atoms with E-state index in [2.05, 4.69) is 18.0 Å². The van der Waals surface area contributed by atoms with Gasteiger partial charge in [-0.05, 0) is 18.3 Å². The van der Waals surface area contributed by atoms with Crippen LogP contribution in [0.2, 0.25) is 0 Å².